The van der Waals surface area contributed by atoms with Gasteiger partial charge in [-0.25, -0.2) is 0 Å². The first-order valence-corrected chi connectivity index (χ1v) is 8.18. The van der Waals surface area contributed by atoms with E-state index in [0.717, 1.165) is 6.54 Å². The first-order valence-electron chi connectivity index (χ1n) is 8.18. The molecule has 0 aromatic heterocycles. The topological polar surface area (TPSA) is 12.0 Å². The van der Waals surface area contributed by atoms with Crippen molar-refractivity contribution in [1.82, 2.24) is 5.32 Å². The van der Waals surface area contributed by atoms with Crippen LogP contribution in [-0.4, -0.2) is 6.54 Å². The Bertz CT molecular complexity index is 812. The predicted octanol–water partition coefficient (Wildman–Crippen LogP) is 5.51. The van der Waals surface area contributed by atoms with Crippen LogP contribution in [0.15, 0.2) is 72.8 Å². The second-order valence-electron chi connectivity index (χ2n) is 6.01. The van der Waals surface area contributed by atoms with E-state index in [0.29, 0.717) is 6.04 Å². The lowest BCUT2D eigenvalue weighted by molar-refractivity contribution is 0.622. The Labute approximate surface area is 138 Å². The van der Waals surface area contributed by atoms with E-state index in [9.17, 15) is 0 Å². The zero-order valence-electron chi connectivity index (χ0n) is 13.8. The molecule has 0 amide bonds. The Balaban J connectivity index is 1.66. The SMILES string of the molecule is Cc1cccc(C=CCNC(C)c2cccc3ccccc23)c1. The molecule has 3 rings (SSSR count). The van der Waals surface area contributed by atoms with Gasteiger partial charge in [0.2, 0.25) is 0 Å². The van der Waals surface area contributed by atoms with E-state index in [1.165, 1.54) is 27.5 Å². The summed E-state index contributed by atoms with van der Waals surface area (Å²) in [5.74, 6) is 0. The second kappa shape index (κ2) is 7.26. The van der Waals surface area contributed by atoms with Crippen molar-refractivity contribution in [2.45, 2.75) is 19.9 Å². The fourth-order valence-electron chi connectivity index (χ4n) is 2.95. The van der Waals surface area contributed by atoms with Gasteiger partial charge in [-0.2, -0.15) is 0 Å². The summed E-state index contributed by atoms with van der Waals surface area (Å²) in [7, 11) is 0. The standard InChI is InChI=1S/C22H23N/c1-17-8-5-9-19(16-17)10-7-15-23-18(2)21-14-6-12-20-11-3-4-13-22(20)21/h3-14,16,18,23H,15H2,1-2H3. The van der Waals surface area contributed by atoms with Crippen LogP contribution in [0, 0.1) is 6.92 Å². The lowest BCUT2D eigenvalue weighted by Crippen LogP contribution is -2.18. The van der Waals surface area contributed by atoms with Gasteiger partial charge in [0.15, 0.2) is 0 Å². The molecule has 0 fully saturated rings. The van der Waals surface area contributed by atoms with Gasteiger partial charge >= 0.3 is 0 Å². The van der Waals surface area contributed by atoms with E-state index >= 15 is 0 Å². The summed E-state index contributed by atoms with van der Waals surface area (Å²) in [6.45, 7) is 5.21. The molecule has 1 nitrogen and oxygen atoms in total. The van der Waals surface area contributed by atoms with E-state index < -0.39 is 0 Å². The zero-order chi connectivity index (χ0) is 16.1. The zero-order valence-corrected chi connectivity index (χ0v) is 13.8. The highest BCUT2D eigenvalue weighted by Crippen LogP contribution is 2.23. The fraction of sp³-hybridized carbons (Fsp3) is 0.182. The minimum atomic E-state index is 0.322. The minimum absolute atomic E-state index is 0.322. The Morgan fingerprint density at radius 3 is 2.61 bits per heavy atom. The molecule has 1 heteroatoms. The highest BCUT2D eigenvalue weighted by atomic mass is 14.9. The highest BCUT2D eigenvalue weighted by Gasteiger charge is 2.07. The Hall–Kier alpha value is -2.38. The van der Waals surface area contributed by atoms with Crippen molar-refractivity contribution < 1.29 is 0 Å². The summed E-state index contributed by atoms with van der Waals surface area (Å²) in [5, 5.41) is 6.22. The molecule has 1 N–H and O–H groups in total. The van der Waals surface area contributed by atoms with Crippen molar-refractivity contribution >= 4 is 16.8 Å². The van der Waals surface area contributed by atoms with Gasteiger partial charge in [-0.1, -0.05) is 84.4 Å². The van der Waals surface area contributed by atoms with Crippen LogP contribution in [0.3, 0.4) is 0 Å². The molecule has 0 radical (unpaired) electrons. The van der Waals surface area contributed by atoms with Gasteiger partial charge in [0.05, 0.1) is 0 Å². The molecule has 1 unspecified atom stereocenters. The lowest BCUT2D eigenvalue weighted by Gasteiger charge is -2.15. The van der Waals surface area contributed by atoms with Gasteiger partial charge in [-0.05, 0) is 35.7 Å². The van der Waals surface area contributed by atoms with E-state index in [-0.39, 0.29) is 0 Å². The molecule has 0 aliphatic rings. The first kappa shape index (κ1) is 15.5. The van der Waals surface area contributed by atoms with Gasteiger partial charge in [0.25, 0.3) is 0 Å². The minimum Gasteiger partial charge on any atom is -0.307 e. The lowest BCUT2D eigenvalue weighted by atomic mass is 10.00. The summed E-state index contributed by atoms with van der Waals surface area (Å²) in [6.07, 6.45) is 4.37. The van der Waals surface area contributed by atoms with Crippen LogP contribution in [0.5, 0.6) is 0 Å². The van der Waals surface area contributed by atoms with Gasteiger partial charge < -0.3 is 5.32 Å². The molecular weight excluding hydrogens is 278 g/mol. The highest BCUT2D eigenvalue weighted by molar-refractivity contribution is 5.86. The molecule has 23 heavy (non-hydrogen) atoms. The quantitative estimate of drug-likeness (QED) is 0.655. The third kappa shape index (κ3) is 3.88. The second-order valence-corrected chi connectivity index (χ2v) is 6.01. The molecule has 0 spiro atoms. The summed E-state index contributed by atoms with van der Waals surface area (Å²) in [6, 6.07) is 24.0. The van der Waals surface area contributed by atoms with E-state index in [1.807, 2.05) is 0 Å². The maximum absolute atomic E-state index is 3.59. The first-order chi connectivity index (χ1) is 11.2. The summed E-state index contributed by atoms with van der Waals surface area (Å²) < 4.78 is 0. The normalized spacial score (nSPS) is 12.8. The number of rotatable bonds is 5. The van der Waals surface area contributed by atoms with Gasteiger partial charge in [-0.3, -0.25) is 0 Å². The third-order valence-electron chi connectivity index (χ3n) is 4.18. The molecular formula is C22H23N. The average Bonchev–Trinajstić information content (AvgIpc) is 2.58. The Morgan fingerprint density at radius 2 is 1.74 bits per heavy atom. The Morgan fingerprint density at radius 1 is 0.957 bits per heavy atom. The molecule has 0 heterocycles. The molecule has 3 aromatic rings. The average molecular weight is 301 g/mol. The number of nitrogens with one attached hydrogen (secondary N) is 1. The number of hydrogen-bond donors (Lipinski definition) is 1. The van der Waals surface area contributed by atoms with E-state index in [2.05, 4.69) is 98.0 Å². The van der Waals surface area contributed by atoms with Crippen LogP contribution in [0.4, 0.5) is 0 Å². The molecule has 0 aliphatic heterocycles. The van der Waals surface area contributed by atoms with Crippen molar-refractivity contribution in [3.05, 3.63) is 89.5 Å². The molecule has 116 valence electrons. The molecule has 0 bridgehead atoms. The van der Waals surface area contributed by atoms with Gasteiger partial charge in [0, 0.05) is 12.6 Å². The molecule has 0 aliphatic carbocycles. The van der Waals surface area contributed by atoms with E-state index in [1.54, 1.807) is 0 Å². The summed E-state index contributed by atoms with van der Waals surface area (Å²) >= 11 is 0. The smallest absolute Gasteiger partial charge is 0.0300 e. The monoisotopic (exact) mass is 301 g/mol. The Kier molecular flexibility index (Phi) is 4.89. The molecule has 0 saturated heterocycles. The number of aryl methyl sites for hydroxylation is 1. The number of hydrogen-bond acceptors (Lipinski definition) is 1. The van der Waals surface area contributed by atoms with Crippen LogP contribution >= 0.6 is 0 Å². The van der Waals surface area contributed by atoms with Crippen molar-refractivity contribution in [2.75, 3.05) is 6.54 Å². The molecule has 0 saturated carbocycles. The van der Waals surface area contributed by atoms with Crippen molar-refractivity contribution in [3.63, 3.8) is 0 Å². The van der Waals surface area contributed by atoms with Crippen LogP contribution in [0.2, 0.25) is 0 Å². The van der Waals surface area contributed by atoms with Crippen molar-refractivity contribution in [2.24, 2.45) is 0 Å². The fourth-order valence-corrected chi connectivity index (χ4v) is 2.95. The summed E-state index contributed by atoms with van der Waals surface area (Å²) in [4.78, 5) is 0. The van der Waals surface area contributed by atoms with Gasteiger partial charge in [-0.15, -0.1) is 0 Å². The van der Waals surface area contributed by atoms with E-state index in [4.69, 9.17) is 0 Å². The van der Waals surface area contributed by atoms with Crippen molar-refractivity contribution in [1.29, 1.82) is 0 Å². The summed E-state index contributed by atoms with van der Waals surface area (Å²) in [5.41, 5.74) is 3.90. The molecule has 1 atom stereocenters. The maximum Gasteiger partial charge on any atom is 0.0300 e. The predicted molar refractivity (Wildman–Crippen MR) is 101 cm³/mol. The van der Waals surface area contributed by atoms with Crippen LogP contribution < -0.4 is 5.32 Å². The van der Waals surface area contributed by atoms with Crippen molar-refractivity contribution in [3.8, 4) is 0 Å². The molecule has 3 aromatic carbocycles. The van der Waals surface area contributed by atoms with Gasteiger partial charge in [0.1, 0.15) is 0 Å². The van der Waals surface area contributed by atoms with Crippen LogP contribution in [0.1, 0.15) is 29.7 Å². The number of fused-ring (bicyclic) bond motifs is 1. The largest absolute Gasteiger partial charge is 0.307 e. The third-order valence-corrected chi connectivity index (χ3v) is 4.18. The number of benzene rings is 3. The van der Waals surface area contributed by atoms with Crippen LogP contribution in [-0.2, 0) is 0 Å². The van der Waals surface area contributed by atoms with Crippen LogP contribution in [0.25, 0.3) is 16.8 Å². The maximum atomic E-state index is 3.59.